The van der Waals surface area contributed by atoms with Gasteiger partial charge in [0.2, 0.25) is 5.91 Å². The maximum absolute atomic E-state index is 13.3. The topological polar surface area (TPSA) is 82.4 Å². The first-order valence-corrected chi connectivity index (χ1v) is 14.8. The van der Waals surface area contributed by atoms with E-state index in [1.807, 2.05) is 59.5 Å². The van der Waals surface area contributed by atoms with E-state index in [1.165, 1.54) is 5.57 Å². The molecular formula is C35H41N3O3. The van der Waals surface area contributed by atoms with Gasteiger partial charge in [0.1, 0.15) is 11.9 Å². The molecular weight excluding hydrogens is 510 g/mol. The maximum atomic E-state index is 13.3. The highest BCUT2D eigenvalue weighted by molar-refractivity contribution is 5.85. The Morgan fingerprint density at radius 2 is 1.80 bits per heavy atom. The van der Waals surface area contributed by atoms with Gasteiger partial charge in [0.15, 0.2) is 5.78 Å². The number of ketones is 1. The Hall–Kier alpha value is -3.95. The minimum Gasteiger partial charge on any atom is -0.489 e. The molecule has 0 saturated carbocycles. The Morgan fingerprint density at radius 1 is 1.02 bits per heavy atom. The average Bonchev–Trinajstić information content (AvgIpc) is 3.46. The molecule has 6 nitrogen and oxygen atoms in total. The van der Waals surface area contributed by atoms with Crippen molar-refractivity contribution in [3.63, 3.8) is 0 Å². The number of amides is 1. The number of unbranched alkanes of at least 4 members (excludes halogenated alkanes) is 1. The average molecular weight is 552 g/mol. The Bertz CT molecular complexity index is 1290. The molecule has 2 aromatic carbocycles. The standard InChI is InChI=1S/C35H41N3O3/c1-27(39)38-24-22-33(26-38)41-32-13-7-5-9-28(19-20-32)10-6-8-14-34(40)35(31-11-3-2-4-12-31)37-23-21-29-15-17-30(25-36)18-16-29/h2-4,9,11-13,15-20,33,35,37H,5-8,10,14,21-24,26H2,1H3/b20-19?,28-9+,32-13?/t33-,35+/m1/s1. The molecule has 0 unspecified atom stereocenters. The second-order valence-electron chi connectivity index (χ2n) is 10.8. The molecule has 1 amide bonds. The number of hydrogen-bond donors (Lipinski definition) is 1. The minimum atomic E-state index is -0.325. The van der Waals surface area contributed by atoms with Crippen molar-refractivity contribution < 1.29 is 14.3 Å². The van der Waals surface area contributed by atoms with Crippen molar-refractivity contribution in [1.82, 2.24) is 10.2 Å². The van der Waals surface area contributed by atoms with Gasteiger partial charge in [-0.25, -0.2) is 0 Å². The van der Waals surface area contributed by atoms with Crippen LogP contribution in [0, 0.1) is 11.3 Å². The fourth-order valence-electron chi connectivity index (χ4n) is 5.34. The Morgan fingerprint density at radius 3 is 2.54 bits per heavy atom. The van der Waals surface area contributed by atoms with Gasteiger partial charge < -0.3 is 15.0 Å². The van der Waals surface area contributed by atoms with Crippen molar-refractivity contribution in [3.8, 4) is 6.07 Å². The first-order chi connectivity index (χ1) is 20.0. The summed E-state index contributed by atoms with van der Waals surface area (Å²) in [6.07, 6.45) is 15.5. The number of rotatable bonds is 13. The van der Waals surface area contributed by atoms with E-state index in [-0.39, 0.29) is 23.8 Å². The third-order valence-corrected chi connectivity index (χ3v) is 7.71. The smallest absolute Gasteiger partial charge is 0.219 e. The fraction of sp³-hybridized carbons (Fsp3) is 0.400. The van der Waals surface area contributed by atoms with E-state index in [0.29, 0.717) is 25.1 Å². The zero-order valence-corrected chi connectivity index (χ0v) is 24.1. The summed E-state index contributed by atoms with van der Waals surface area (Å²) in [4.78, 5) is 26.8. The third kappa shape index (κ3) is 9.58. The van der Waals surface area contributed by atoms with Crippen molar-refractivity contribution in [1.29, 1.82) is 5.26 Å². The number of benzene rings is 2. The lowest BCUT2D eigenvalue weighted by Gasteiger charge is -2.18. The molecule has 0 aromatic heterocycles. The van der Waals surface area contributed by atoms with Crippen LogP contribution in [0.2, 0.25) is 0 Å². The van der Waals surface area contributed by atoms with E-state index in [9.17, 15) is 9.59 Å². The Labute approximate surface area is 244 Å². The molecule has 1 heterocycles. The summed E-state index contributed by atoms with van der Waals surface area (Å²) < 4.78 is 6.20. The number of ether oxygens (including phenoxy) is 1. The highest BCUT2D eigenvalue weighted by atomic mass is 16.5. The SMILES string of the molecule is CC(=O)N1CC[C@@H](OC2=CCC/C=C(\CCCCC(=O)[C@@H](NCCc3ccc(C#N)cc3)c3ccccc3)C=C2)C1. The van der Waals surface area contributed by atoms with E-state index < -0.39 is 0 Å². The van der Waals surface area contributed by atoms with Crippen LogP contribution in [0.5, 0.6) is 0 Å². The minimum absolute atomic E-state index is 0.0583. The fourth-order valence-corrected chi connectivity index (χ4v) is 5.34. The summed E-state index contributed by atoms with van der Waals surface area (Å²) in [5.74, 6) is 1.21. The first-order valence-electron chi connectivity index (χ1n) is 14.8. The van der Waals surface area contributed by atoms with Crippen LogP contribution in [0.4, 0.5) is 0 Å². The van der Waals surface area contributed by atoms with Crippen LogP contribution < -0.4 is 5.32 Å². The van der Waals surface area contributed by atoms with Gasteiger partial charge in [-0.15, -0.1) is 0 Å². The van der Waals surface area contributed by atoms with Crippen molar-refractivity contribution in [2.75, 3.05) is 19.6 Å². The summed E-state index contributed by atoms with van der Waals surface area (Å²) >= 11 is 0. The van der Waals surface area contributed by atoms with Gasteiger partial charge >= 0.3 is 0 Å². The van der Waals surface area contributed by atoms with Crippen LogP contribution in [-0.2, 0) is 20.7 Å². The number of nitriles is 1. The quantitative estimate of drug-likeness (QED) is 0.293. The lowest BCUT2D eigenvalue weighted by Crippen LogP contribution is -2.30. The molecule has 0 radical (unpaired) electrons. The molecule has 214 valence electrons. The number of nitrogens with zero attached hydrogens (tertiary/aromatic N) is 2. The van der Waals surface area contributed by atoms with Crippen molar-refractivity contribution in [2.45, 2.75) is 70.4 Å². The largest absolute Gasteiger partial charge is 0.489 e. The second kappa shape index (κ2) is 15.7. The Balaban J connectivity index is 1.23. The molecule has 2 aliphatic rings. The molecule has 1 aliphatic carbocycles. The van der Waals surface area contributed by atoms with Crippen LogP contribution in [0.1, 0.15) is 74.6 Å². The van der Waals surface area contributed by atoms with Gasteiger partial charge in [-0.2, -0.15) is 5.26 Å². The molecule has 0 bridgehead atoms. The summed E-state index contributed by atoms with van der Waals surface area (Å²) in [6, 6.07) is 19.4. The lowest BCUT2D eigenvalue weighted by atomic mass is 9.97. The van der Waals surface area contributed by atoms with Crippen molar-refractivity contribution >= 4 is 11.7 Å². The number of allylic oxidation sites excluding steroid dienone is 5. The van der Waals surface area contributed by atoms with Crippen LogP contribution in [-0.4, -0.2) is 42.3 Å². The van der Waals surface area contributed by atoms with Crippen molar-refractivity contribution in [2.24, 2.45) is 0 Å². The molecule has 1 saturated heterocycles. The Kier molecular flexibility index (Phi) is 11.5. The highest BCUT2D eigenvalue weighted by Gasteiger charge is 2.25. The predicted octanol–water partition coefficient (Wildman–Crippen LogP) is 6.36. The van der Waals surface area contributed by atoms with Crippen LogP contribution in [0.15, 0.2) is 90.2 Å². The van der Waals surface area contributed by atoms with E-state index in [4.69, 9.17) is 10.00 Å². The summed E-state index contributed by atoms with van der Waals surface area (Å²) in [5.41, 5.74) is 4.07. The molecule has 4 rings (SSSR count). The number of carbonyl (C=O) groups is 2. The molecule has 6 heteroatoms. The van der Waals surface area contributed by atoms with E-state index in [1.54, 1.807) is 6.92 Å². The van der Waals surface area contributed by atoms with Gasteiger partial charge in [0.05, 0.1) is 24.2 Å². The van der Waals surface area contributed by atoms with Gasteiger partial charge in [-0.3, -0.25) is 9.59 Å². The van der Waals surface area contributed by atoms with Crippen LogP contribution in [0.3, 0.4) is 0 Å². The molecule has 1 fully saturated rings. The molecule has 2 atom stereocenters. The van der Waals surface area contributed by atoms with E-state index >= 15 is 0 Å². The lowest BCUT2D eigenvalue weighted by molar-refractivity contribution is -0.128. The highest BCUT2D eigenvalue weighted by Crippen LogP contribution is 2.22. The second-order valence-corrected chi connectivity index (χ2v) is 10.8. The monoisotopic (exact) mass is 551 g/mol. The number of carbonyl (C=O) groups excluding carboxylic acids is 2. The van der Waals surface area contributed by atoms with Crippen LogP contribution in [0.25, 0.3) is 0 Å². The molecule has 0 spiro atoms. The third-order valence-electron chi connectivity index (χ3n) is 7.71. The first kappa shape index (κ1) is 30.0. The molecule has 1 N–H and O–H groups in total. The number of likely N-dealkylation sites (tertiary alicyclic amines) is 1. The van der Waals surface area contributed by atoms with E-state index in [2.05, 4.69) is 35.7 Å². The van der Waals surface area contributed by atoms with Crippen LogP contribution >= 0.6 is 0 Å². The zero-order chi connectivity index (χ0) is 28.9. The molecule has 41 heavy (non-hydrogen) atoms. The maximum Gasteiger partial charge on any atom is 0.219 e. The van der Waals surface area contributed by atoms with E-state index in [0.717, 1.165) is 68.4 Å². The summed E-state index contributed by atoms with van der Waals surface area (Å²) in [5, 5.41) is 12.5. The van der Waals surface area contributed by atoms with Gasteiger partial charge in [0.25, 0.3) is 0 Å². The number of nitrogens with one attached hydrogen (secondary N) is 1. The molecule has 1 aliphatic heterocycles. The number of Topliss-reactive ketones (excluding diaryl/α,β-unsaturated/α-hetero) is 1. The predicted molar refractivity (Wildman–Crippen MR) is 162 cm³/mol. The number of hydrogen-bond acceptors (Lipinski definition) is 5. The summed E-state index contributed by atoms with van der Waals surface area (Å²) in [7, 11) is 0. The molecule has 2 aromatic rings. The summed E-state index contributed by atoms with van der Waals surface area (Å²) in [6.45, 7) is 3.71. The van der Waals surface area contributed by atoms with Gasteiger partial charge in [-0.05, 0) is 73.9 Å². The van der Waals surface area contributed by atoms with Crippen molar-refractivity contribution in [3.05, 3.63) is 107 Å². The van der Waals surface area contributed by atoms with Gasteiger partial charge in [-0.1, -0.05) is 60.2 Å². The normalized spacial score (nSPS) is 18.8. The van der Waals surface area contributed by atoms with Gasteiger partial charge in [0, 0.05) is 32.9 Å². The zero-order valence-electron chi connectivity index (χ0n) is 24.1.